The minimum Gasteiger partial charge on any atom is -0.0776 e. The summed E-state index contributed by atoms with van der Waals surface area (Å²) in [6.45, 7) is 20.8. The molecule has 0 heteroatoms. The molecule has 0 atom stereocenters. The van der Waals surface area contributed by atoms with Crippen molar-refractivity contribution in [2.45, 2.75) is 96.4 Å². The van der Waals surface area contributed by atoms with Gasteiger partial charge in [-0.25, -0.2) is 0 Å². The van der Waals surface area contributed by atoms with Crippen LogP contribution in [0.15, 0.2) is 0 Å². The van der Waals surface area contributed by atoms with Crippen LogP contribution in [0.2, 0.25) is 0 Å². The van der Waals surface area contributed by atoms with E-state index in [-0.39, 0.29) is 14.9 Å². The van der Waals surface area contributed by atoms with Gasteiger partial charge < -0.3 is 0 Å². The third-order valence-corrected chi connectivity index (χ3v) is 5.28. The molecule has 0 aromatic carbocycles. The van der Waals surface area contributed by atoms with Crippen LogP contribution in [0.3, 0.4) is 0 Å². The molecular formula is C18H42. The van der Waals surface area contributed by atoms with E-state index < -0.39 is 0 Å². The van der Waals surface area contributed by atoms with E-state index in [1.54, 1.807) is 0 Å². The van der Waals surface area contributed by atoms with Crippen LogP contribution in [-0.2, 0) is 0 Å². The fourth-order valence-corrected chi connectivity index (χ4v) is 1.35. The SMILES string of the molecule is C.C.CC(C)(C)C1(C)CC1.CCC(C)(C)C(C)C. The van der Waals surface area contributed by atoms with E-state index in [1.807, 2.05) is 0 Å². The van der Waals surface area contributed by atoms with E-state index >= 15 is 0 Å². The summed E-state index contributed by atoms with van der Waals surface area (Å²) < 4.78 is 0. The first-order valence-corrected chi connectivity index (χ1v) is 6.96. The van der Waals surface area contributed by atoms with Gasteiger partial charge in [-0.1, -0.05) is 83.6 Å². The Hall–Kier alpha value is 0. The van der Waals surface area contributed by atoms with Crippen molar-refractivity contribution in [3.05, 3.63) is 0 Å². The summed E-state index contributed by atoms with van der Waals surface area (Å²) in [6.07, 6.45) is 4.16. The van der Waals surface area contributed by atoms with Gasteiger partial charge in [0.05, 0.1) is 0 Å². The highest BCUT2D eigenvalue weighted by atomic mass is 14.5. The van der Waals surface area contributed by atoms with Crippen LogP contribution in [0.25, 0.3) is 0 Å². The van der Waals surface area contributed by atoms with E-state index in [0.717, 1.165) is 5.92 Å². The van der Waals surface area contributed by atoms with Crippen molar-refractivity contribution in [1.82, 2.24) is 0 Å². The highest BCUT2D eigenvalue weighted by Gasteiger charge is 2.46. The smallest absolute Gasteiger partial charge is 0.0277 e. The predicted molar refractivity (Wildman–Crippen MR) is 89.2 cm³/mol. The number of hydrogen-bond donors (Lipinski definition) is 0. The highest BCUT2D eigenvalue weighted by molar-refractivity contribution is 4.97. The summed E-state index contributed by atoms with van der Waals surface area (Å²) in [7, 11) is 0. The van der Waals surface area contributed by atoms with Gasteiger partial charge >= 0.3 is 0 Å². The summed E-state index contributed by atoms with van der Waals surface area (Å²) in [5.41, 5.74) is 1.78. The summed E-state index contributed by atoms with van der Waals surface area (Å²) in [5, 5.41) is 0. The van der Waals surface area contributed by atoms with Crippen LogP contribution in [0.5, 0.6) is 0 Å². The van der Waals surface area contributed by atoms with Crippen LogP contribution in [0, 0.1) is 22.2 Å². The average molecular weight is 259 g/mol. The van der Waals surface area contributed by atoms with Crippen molar-refractivity contribution < 1.29 is 0 Å². The van der Waals surface area contributed by atoms with E-state index in [0.29, 0.717) is 16.2 Å². The molecule has 0 nitrogen and oxygen atoms in total. The van der Waals surface area contributed by atoms with Crippen molar-refractivity contribution in [3.63, 3.8) is 0 Å². The molecule has 0 aromatic heterocycles. The molecule has 0 heterocycles. The van der Waals surface area contributed by atoms with Crippen molar-refractivity contribution in [2.75, 3.05) is 0 Å². The van der Waals surface area contributed by atoms with Gasteiger partial charge in [0.25, 0.3) is 0 Å². The lowest BCUT2D eigenvalue weighted by atomic mass is 9.79. The van der Waals surface area contributed by atoms with Gasteiger partial charge in [0, 0.05) is 0 Å². The Morgan fingerprint density at radius 2 is 1.28 bits per heavy atom. The quantitative estimate of drug-likeness (QED) is 0.492. The Labute approximate surface area is 119 Å². The molecule has 0 N–H and O–H groups in total. The maximum absolute atomic E-state index is 2.38. The molecule has 0 aromatic rings. The highest BCUT2D eigenvalue weighted by Crippen LogP contribution is 2.57. The molecule has 1 rings (SSSR count). The minimum absolute atomic E-state index is 0. The lowest BCUT2D eigenvalue weighted by molar-refractivity contribution is 0.237. The van der Waals surface area contributed by atoms with Crippen molar-refractivity contribution in [2.24, 2.45) is 22.2 Å². The average Bonchev–Trinajstić information content (AvgIpc) is 2.84. The van der Waals surface area contributed by atoms with Gasteiger partial charge in [0.2, 0.25) is 0 Å². The molecule has 0 amide bonds. The van der Waals surface area contributed by atoms with Crippen LogP contribution in [-0.4, -0.2) is 0 Å². The molecule has 0 bridgehead atoms. The van der Waals surface area contributed by atoms with Crippen molar-refractivity contribution >= 4 is 0 Å². The van der Waals surface area contributed by atoms with Crippen LogP contribution in [0.1, 0.15) is 96.4 Å². The largest absolute Gasteiger partial charge is 0.0776 e. The molecule has 1 aliphatic carbocycles. The Morgan fingerprint density at radius 1 is 0.944 bits per heavy atom. The van der Waals surface area contributed by atoms with E-state index in [1.165, 1.54) is 19.3 Å². The Morgan fingerprint density at radius 3 is 1.28 bits per heavy atom. The molecule has 0 unspecified atom stereocenters. The standard InChI is InChI=1S/C8H16.C8H18.2CH4/c1-7(2,3)8(4)5-6-8;1-6-8(4,5)7(2)3;;/h5-6H2,1-4H3;7H,6H2,1-5H3;2*1H4. The van der Waals surface area contributed by atoms with Gasteiger partial charge in [0.1, 0.15) is 0 Å². The van der Waals surface area contributed by atoms with Gasteiger partial charge in [-0.2, -0.15) is 0 Å². The molecule has 0 spiro atoms. The number of rotatable bonds is 2. The zero-order chi connectivity index (χ0) is 13.2. The second kappa shape index (κ2) is 7.56. The summed E-state index contributed by atoms with van der Waals surface area (Å²) in [5.74, 6) is 0.812. The predicted octanol–water partition coefficient (Wildman–Crippen LogP) is 7.18. The zero-order valence-electron chi connectivity index (χ0n) is 13.2. The molecular weight excluding hydrogens is 216 g/mol. The maximum atomic E-state index is 2.38. The van der Waals surface area contributed by atoms with Crippen molar-refractivity contribution in [1.29, 1.82) is 0 Å². The topological polar surface area (TPSA) is 0 Å². The van der Waals surface area contributed by atoms with E-state index in [4.69, 9.17) is 0 Å². The van der Waals surface area contributed by atoms with Crippen LogP contribution in [0.4, 0.5) is 0 Å². The van der Waals surface area contributed by atoms with Gasteiger partial charge in [-0.3, -0.25) is 0 Å². The van der Waals surface area contributed by atoms with Gasteiger partial charge in [-0.15, -0.1) is 0 Å². The molecule has 114 valence electrons. The first-order chi connectivity index (χ1) is 6.96. The normalized spacial score (nSPS) is 17.0. The zero-order valence-corrected chi connectivity index (χ0v) is 13.2. The second-order valence-electron chi connectivity index (χ2n) is 7.81. The lowest BCUT2D eigenvalue weighted by Gasteiger charge is -2.27. The summed E-state index contributed by atoms with van der Waals surface area (Å²) in [6, 6.07) is 0. The minimum atomic E-state index is 0. The van der Waals surface area contributed by atoms with Gasteiger partial charge in [0.15, 0.2) is 0 Å². The Balaban J connectivity index is -0.000000225. The second-order valence-corrected chi connectivity index (χ2v) is 7.81. The lowest BCUT2D eigenvalue weighted by Crippen LogP contribution is -2.17. The summed E-state index contributed by atoms with van der Waals surface area (Å²) >= 11 is 0. The molecule has 1 saturated carbocycles. The molecule has 18 heavy (non-hydrogen) atoms. The molecule has 1 fully saturated rings. The first kappa shape index (κ1) is 23.1. The summed E-state index contributed by atoms with van der Waals surface area (Å²) in [4.78, 5) is 0. The first-order valence-electron chi connectivity index (χ1n) is 6.96. The van der Waals surface area contributed by atoms with E-state index in [2.05, 4.69) is 62.3 Å². The molecule has 0 radical (unpaired) electrons. The molecule has 0 saturated heterocycles. The van der Waals surface area contributed by atoms with Gasteiger partial charge in [-0.05, 0) is 35.0 Å². The Bertz CT molecular complexity index is 192. The monoisotopic (exact) mass is 258 g/mol. The fraction of sp³-hybridized carbons (Fsp3) is 1.00. The Kier molecular flexibility index (Phi) is 9.70. The van der Waals surface area contributed by atoms with Crippen LogP contribution < -0.4 is 0 Å². The molecule has 0 aliphatic heterocycles. The third-order valence-electron chi connectivity index (χ3n) is 5.28. The maximum Gasteiger partial charge on any atom is -0.0277 e. The number of hydrogen-bond acceptors (Lipinski definition) is 0. The molecule has 1 aliphatic rings. The fourth-order valence-electron chi connectivity index (χ4n) is 1.35. The van der Waals surface area contributed by atoms with E-state index in [9.17, 15) is 0 Å². The van der Waals surface area contributed by atoms with Crippen molar-refractivity contribution in [3.8, 4) is 0 Å². The van der Waals surface area contributed by atoms with Crippen LogP contribution >= 0.6 is 0 Å². The third kappa shape index (κ3) is 6.81.